The normalized spacial score (nSPS) is 13.6. The van der Waals surface area contributed by atoms with Crippen LogP contribution >= 0.6 is 11.3 Å². The molecule has 0 atom stereocenters. The van der Waals surface area contributed by atoms with E-state index in [1.54, 1.807) is 6.92 Å². The Balaban J connectivity index is 1.80. The van der Waals surface area contributed by atoms with Gasteiger partial charge in [0.25, 0.3) is 0 Å². The van der Waals surface area contributed by atoms with E-state index in [0.29, 0.717) is 0 Å². The second-order valence-electron chi connectivity index (χ2n) is 5.29. The molecule has 0 fully saturated rings. The highest BCUT2D eigenvalue weighted by molar-refractivity contribution is 7.12. The van der Waals surface area contributed by atoms with Crippen LogP contribution in [-0.4, -0.2) is 12.3 Å². The minimum absolute atomic E-state index is 0.150. The molecule has 0 N–H and O–H groups in total. The third kappa shape index (κ3) is 2.50. The van der Waals surface area contributed by atoms with Gasteiger partial charge in [-0.1, -0.05) is 6.92 Å². The molecule has 1 aromatic heterocycles. The average Bonchev–Trinajstić information content (AvgIpc) is 3.06. The van der Waals surface area contributed by atoms with Gasteiger partial charge in [0.2, 0.25) is 0 Å². The van der Waals surface area contributed by atoms with E-state index in [-0.39, 0.29) is 5.78 Å². The number of rotatable bonds is 4. The number of carbonyl (C=O) groups excluding carboxylic acids is 1. The average molecular weight is 285 g/mol. The largest absolute Gasteiger partial charge is 0.366 e. The summed E-state index contributed by atoms with van der Waals surface area (Å²) in [5.74, 6) is 0.150. The summed E-state index contributed by atoms with van der Waals surface area (Å²) in [5, 5.41) is 0. The lowest BCUT2D eigenvalue weighted by molar-refractivity contribution is 0.101. The number of nitrogens with zero attached hydrogens (tertiary/aromatic N) is 1. The lowest BCUT2D eigenvalue weighted by atomic mass is 10.1. The number of carbonyl (C=O) groups is 1. The summed E-state index contributed by atoms with van der Waals surface area (Å²) in [4.78, 5) is 16.7. The summed E-state index contributed by atoms with van der Waals surface area (Å²) in [6, 6.07) is 10.6. The fourth-order valence-corrected chi connectivity index (χ4v) is 3.71. The van der Waals surface area contributed by atoms with Crippen molar-refractivity contribution in [3.05, 3.63) is 51.2 Å². The van der Waals surface area contributed by atoms with Gasteiger partial charge in [0.05, 0.1) is 6.54 Å². The maximum atomic E-state index is 11.4. The highest BCUT2D eigenvalue weighted by atomic mass is 32.1. The van der Waals surface area contributed by atoms with Gasteiger partial charge in [0, 0.05) is 27.5 Å². The maximum Gasteiger partial charge on any atom is 0.159 e. The summed E-state index contributed by atoms with van der Waals surface area (Å²) < 4.78 is 0. The predicted molar refractivity (Wildman–Crippen MR) is 84.9 cm³/mol. The van der Waals surface area contributed by atoms with Crippen molar-refractivity contribution < 1.29 is 4.79 Å². The lowest BCUT2D eigenvalue weighted by Gasteiger charge is -2.18. The Morgan fingerprint density at radius 1 is 1.25 bits per heavy atom. The molecule has 3 heteroatoms. The number of Topliss-reactive ketones (excluding diaryl/α,β-unsaturated/α-hetero) is 1. The fourth-order valence-electron chi connectivity index (χ4n) is 2.74. The molecule has 3 rings (SSSR count). The van der Waals surface area contributed by atoms with Gasteiger partial charge in [0.1, 0.15) is 0 Å². The van der Waals surface area contributed by atoms with E-state index < -0.39 is 0 Å². The van der Waals surface area contributed by atoms with E-state index in [9.17, 15) is 4.79 Å². The van der Waals surface area contributed by atoms with Crippen molar-refractivity contribution in [2.75, 3.05) is 11.4 Å². The van der Waals surface area contributed by atoms with Crippen LogP contribution < -0.4 is 4.90 Å². The van der Waals surface area contributed by atoms with Crippen molar-refractivity contribution in [3.63, 3.8) is 0 Å². The van der Waals surface area contributed by atoms with E-state index in [1.807, 2.05) is 17.4 Å². The second-order valence-corrected chi connectivity index (χ2v) is 6.55. The third-order valence-electron chi connectivity index (χ3n) is 3.89. The molecule has 20 heavy (non-hydrogen) atoms. The minimum Gasteiger partial charge on any atom is -0.366 e. The quantitative estimate of drug-likeness (QED) is 0.789. The van der Waals surface area contributed by atoms with E-state index in [1.165, 1.54) is 21.0 Å². The number of ketones is 1. The topological polar surface area (TPSA) is 20.3 Å². The summed E-state index contributed by atoms with van der Waals surface area (Å²) >= 11 is 1.91. The smallest absolute Gasteiger partial charge is 0.159 e. The Morgan fingerprint density at radius 2 is 2.05 bits per heavy atom. The number of benzene rings is 1. The van der Waals surface area contributed by atoms with Gasteiger partial charge in [-0.05, 0) is 55.7 Å². The SMILES string of the molecule is CCc1ccc(CN2CCc3cc(C(C)=O)ccc32)s1. The third-order valence-corrected chi connectivity index (χ3v) is 5.10. The Hall–Kier alpha value is -1.61. The second kappa shape index (κ2) is 5.41. The molecule has 0 aliphatic carbocycles. The number of hydrogen-bond donors (Lipinski definition) is 0. The highest BCUT2D eigenvalue weighted by Crippen LogP contribution is 2.31. The zero-order valence-corrected chi connectivity index (χ0v) is 12.8. The van der Waals surface area contributed by atoms with Crippen molar-refractivity contribution >= 4 is 22.8 Å². The molecule has 0 saturated heterocycles. The zero-order valence-electron chi connectivity index (χ0n) is 12.0. The van der Waals surface area contributed by atoms with Crippen LogP contribution in [0.5, 0.6) is 0 Å². The van der Waals surface area contributed by atoms with Gasteiger partial charge in [-0.3, -0.25) is 4.79 Å². The number of thiophene rings is 1. The van der Waals surface area contributed by atoms with Crippen molar-refractivity contribution in [3.8, 4) is 0 Å². The van der Waals surface area contributed by atoms with E-state index in [0.717, 1.165) is 31.5 Å². The van der Waals surface area contributed by atoms with Gasteiger partial charge in [-0.2, -0.15) is 0 Å². The first-order chi connectivity index (χ1) is 9.67. The maximum absolute atomic E-state index is 11.4. The molecule has 0 bridgehead atoms. The van der Waals surface area contributed by atoms with Crippen molar-refractivity contribution in [2.45, 2.75) is 33.2 Å². The van der Waals surface area contributed by atoms with Crippen molar-refractivity contribution in [1.29, 1.82) is 0 Å². The molecular formula is C17H19NOS. The van der Waals surface area contributed by atoms with Crippen molar-refractivity contribution in [2.24, 2.45) is 0 Å². The fraction of sp³-hybridized carbons (Fsp3) is 0.353. The molecule has 1 aliphatic heterocycles. The standard InChI is InChI=1S/C17H19NOS/c1-3-15-5-6-16(20-15)11-18-9-8-14-10-13(12(2)19)4-7-17(14)18/h4-7,10H,3,8-9,11H2,1-2H3. The molecule has 1 aliphatic rings. The van der Waals surface area contributed by atoms with Crippen LogP contribution in [0.15, 0.2) is 30.3 Å². The molecule has 0 unspecified atom stereocenters. The van der Waals surface area contributed by atoms with Crippen molar-refractivity contribution in [1.82, 2.24) is 0 Å². The lowest BCUT2D eigenvalue weighted by Crippen LogP contribution is -2.18. The predicted octanol–water partition coefficient (Wildman–Crippen LogP) is 4.08. The highest BCUT2D eigenvalue weighted by Gasteiger charge is 2.20. The van der Waals surface area contributed by atoms with E-state index >= 15 is 0 Å². The molecule has 2 nitrogen and oxygen atoms in total. The Kier molecular flexibility index (Phi) is 3.62. The number of anilines is 1. The number of fused-ring (bicyclic) bond motifs is 1. The monoisotopic (exact) mass is 285 g/mol. The first kappa shape index (κ1) is 13.4. The zero-order chi connectivity index (χ0) is 14.1. The molecule has 104 valence electrons. The minimum atomic E-state index is 0.150. The Labute approximate surface area is 124 Å². The van der Waals surface area contributed by atoms with Crippen LogP contribution in [0.3, 0.4) is 0 Å². The Morgan fingerprint density at radius 3 is 2.75 bits per heavy atom. The molecular weight excluding hydrogens is 266 g/mol. The number of aryl methyl sites for hydroxylation is 1. The summed E-state index contributed by atoms with van der Waals surface area (Å²) in [6.45, 7) is 5.86. The molecule has 0 radical (unpaired) electrons. The van der Waals surface area contributed by atoms with Crippen LogP contribution in [0.2, 0.25) is 0 Å². The first-order valence-corrected chi connectivity index (χ1v) is 7.95. The van der Waals surface area contributed by atoms with Gasteiger partial charge in [0.15, 0.2) is 5.78 Å². The number of hydrogen-bond acceptors (Lipinski definition) is 3. The first-order valence-electron chi connectivity index (χ1n) is 7.13. The summed E-state index contributed by atoms with van der Waals surface area (Å²) in [6.07, 6.45) is 2.16. The van der Waals surface area contributed by atoms with Crippen LogP contribution in [0.1, 0.15) is 39.5 Å². The van der Waals surface area contributed by atoms with E-state index in [2.05, 4.69) is 36.1 Å². The van der Waals surface area contributed by atoms with Crippen LogP contribution in [-0.2, 0) is 19.4 Å². The molecule has 0 saturated carbocycles. The van der Waals surface area contributed by atoms with E-state index in [4.69, 9.17) is 0 Å². The van der Waals surface area contributed by atoms with Crippen LogP contribution in [0.4, 0.5) is 5.69 Å². The summed E-state index contributed by atoms with van der Waals surface area (Å²) in [7, 11) is 0. The molecule has 0 spiro atoms. The van der Waals surface area contributed by atoms with Crippen LogP contribution in [0, 0.1) is 0 Å². The molecule has 2 heterocycles. The summed E-state index contributed by atoms with van der Waals surface area (Å²) in [5.41, 5.74) is 3.43. The van der Waals surface area contributed by atoms with Crippen LogP contribution in [0.25, 0.3) is 0 Å². The molecule has 0 amide bonds. The van der Waals surface area contributed by atoms with Gasteiger partial charge >= 0.3 is 0 Å². The Bertz CT molecular complexity index is 644. The van der Waals surface area contributed by atoms with Gasteiger partial charge in [-0.15, -0.1) is 11.3 Å². The molecule has 1 aromatic carbocycles. The van der Waals surface area contributed by atoms with Gasteiger partial charge in [-0.25, -0.2) is 0 Å². The van der Waals surface area contributed by atoms with Gasteiger partial charge < -0.3 is 4.90 Å². The molecule has 2 aromatic rings.